The maximum absolute atomic E-state index is 12.4. The van der Waals surface area contributed by atoms with Crippen LogP contribution in [0.2, 0.25) is 0 Å². The highest BCUT2D eigenvalue weighted by atomic mass is 16.5. The van der Waals surface area contributed by atoms with E-state index in [-0.39, 0.29) is 5.91 Å². The van der Waals surface area contributed by atoms with E-state index in [0.29, 0.717) is 24.8 Å². The quantitative estimate of drug-likeness (QED) is 0.695. The summed E-state index contributed by atoms with van der Waals surface area (Å²) >= 11 is 0. The molecule has 1 heterocycles. The zero-order chi connectivity index (χ0) is 18.9. The lowest BCUT2D eigenvalue weighted by molar-refractivity contribution is 0.0927. The van der Waals surface area contributed by atoms with Crippen LogP contribution in [0.15, 0.2) is 42.7 Å². The van der Waals surface area contributed by atoms with Gasteiger partial charge in [-0.05, 0) is 43.2 Å². The number of hydrogen-bond acceptors (Lipinski definition) is 5. The highest BCUT2D eigenvalue weighted by molar-refractivity contribution is 5.94. The Hall–Kier alpha value is -2.76. The number of amides is 1. The predicted octanol–water partition coefficient (Wildman–Crippen LogP) is 3.64. The van der Waals surface area contributed by atoms with E-state index in [0.717, 1.165) is 30.0 Å². The number of aromatic nitrogens is 1. The second-order valence-corrected chi connectivity index (χ2v) is 6.72. The van der Waals surface area contributed by atoms with Crippen molar-refractivity contribution in [2.24, 2.45) is 0 Å². The molecule has 1 fully saturated rings. The number of rotatable bonds is 8. The Morgan fingerprint density at radius 2 is 1.85 bits per heavy atom. The maximum Gasteiger partial charge on any atom is 0.253 e. The van der Waals surface area contributed by atoms with Crippen molar-refractivity contribution in [3.8, 4) is 11.5 Å². The molecule has 1 aliphatic carbocycles. The lowest BCUT2D eigenvalue weighted by atomic mass is 9.95. The molecular formula is C21H27N3O3. The van der Waals surface area contributed by atoms with E-state index in [1.165, 1.54) is 19.3 Å². The minimum Gasteiger partial charge on any atom is -0.497 e. The van der Waals surface area contributed by atoms with Crippen LogP contribution >= 0.6 is 0 Å². The predicted molar refractivity (Wildman–Crippen MR) is 106 cm³/mol. The van der Waals surface area contributed by atoms with Crippen LogP contribution in [-0.4, -0.2) is 37.2 Å². The summed E-state index contributed by atoms with van der Waals surface area (Å²) in [5.41, 5.74) is 1.39. The molecule has 0 radical (unpaired) electrons. The molecule has 27 heavy (non-hydrogen) atoms. The van der Waals surface area contributed by atoms with Crippen LogP contribution in [0.1, 0.15) is 42.5 Å². The van der Waals surface area contributed by atoms with E-state index in [1.54, 1.807) is 19.5 Å². The van der Waals surface area contributed by atoms with E-state index in [4.69, 9.17) is 9.47 Å². The summed E-state index contributed by atoms with van der Waals surface area (Å²) in [6.07, 6.45) is 9.12. The van der Waals surface area contributed by atoms with Crippen molar-refractivity contribution in [3.63, 3.8) is 0 Å². The first-order valence-corrected chi connectivity index (χ1v) is 9.51. The molecule has 6 nitrogen and oxygen atoms in total. The van der Waals surface area contributed by atoms with Crippen LogP contribution in [0.25, 0.3) is 0 Å². The molecule has 1 saturated carbocycles. The average molecular weight is 369 g/mol. The van der Waals surface area contributed by atoms with Gasteiger partial charge in [-0.15, -0.1) is 0 Å². The van der Waals surface area contributed by atoms with E-state index in [2.05, 4.69) is 15.6 Å². The van der Waals surface area contributed by atoms with Crippen LogP contribution in [0.3, 0.4) is 0 Å². The van der Waals surface area contributed by atoms with Gasteiger partial charge in [0.1, 0.15) is 18.1 Å². The molecule has 0 saturated heterocycles. The SMILES string of the molecule is COc1ccc(OCCNc2cncc(C(=O)NC3CCCCC3)c2)cc1. The molecule has 0 spiro atoms. The molecule has 1 aromatic heterocycles. The average Bonchev–Trinajstić information content (AvgIpc) is 2.72. The van der Waals surface area contributed by atoms with Crippen LogP contribution < -0.4 is 20.1 Å². The molecule has 1 amide bonds. The molecule has 144 valence electrons. The fourth-order valence-corrected chi connectivity index (χ4v) is 3.21. The van der Waals surface area contributed by atoms with Crippen LogP contribution in [0.5, 0.6) is 11.5 Å². The summed E-state index contributed by atoms with van der Waals surface area (Å²) in [4.78, 5) is 16.6. The Morgan fingerprint density at radius 3 is 2.59 bits per heavy atom. The van der Waals surface area contributed by atoms with Gasteiger partial charge in [0, 0.05) is 25.0 Å². The van der Waals surface area contributed by atoms with Gasteiger partial charge in [-0.3, -0.25) is 9.78 Å². The maximum atomic E-state index is 12.4. The third-order valence-electron chi connectivity index (χ3n) is 4.70. The second kappa shape index (κ2) is 9.80. The largest absolute Gasteiger partial charge is 0.497 e. The van der Waals surface area contributed by atoms with Crippen LogP contribution in [0, 0.1) is 0 Å². The molecule has 0 unspecified atom stereocenters. The number of pyridine rings is 1. The Kier molecular flexibility index (Phi) is 6.90. The summed E-state index contributed by atoms with van der Waals surface area (Å²) in [7, 11) is 1.64. The van der Waals surface area contributed by atoms with Crippen molar-refractivity contribution in [3.05, 3.63) is 48.3 Å². The van der Waals surface area contributed by atoms with Crippen molar-refractivity contribution >= 4 is 11.6 Å². The first-order chi connectivity index (χ1) is 13.2. The lowest BCUT2D eigenvalue weighted by Crippen LogP contribution is -2.36. The van der Waals surface area contributed by atoms with E-state index >= 15 is 0 Å². The smallest absolute Gasteiger partial charge is 0.253 e. The molecular weight excluding hydrogens is 342 g/mol. The number of methoxy groups -OCH3 is 1. The van der Waals surface area contributed by atoms with Gasteiger partial charge in [0.2, 0.25) is 0 Å². The number of nitrogens with one attached hydrogen (secondary N) is 2. The number of nitrogens with zero attached hydrogens (tertiary/aromatic N) is 1. The van der Waals surface area contributed by atoms with Crippen LogP contribution in [0.4, 0.5) is 5.69 Å². The summed E-state index contributed by atoms with van der Waals surface area (Å²) in [6, 6.07) is 9.59. The Morgan fingerprint density at radius 1 is 1.11 bits per heavy atom. The van der Waals surface area contributed by atoms with Gasteiger partial charge in [0.25, 0.3) is 5.91 Å². The first-order valence-electron chi connectivity index (χ1n) is 9.51. The van der Waals surface area contributed by atoms with Gasteiger partial charge < -0.3 is 20.1 Å². The van der Waals surface area contributed by atoms with Gasteiger partial charge in [0.15, 0.2) is 0 Å². The van der Waals surface area contributed by atoms with Gasteiger partial charge in [-0.1, -0.05) is 19.3 Å². The molecule has 2 aromatic rings. The molecule has 3 rings (SSSR count). The minimum atomic E-state index is -0.0486. The molecule has 0 aliphatic heterocycles. The topological polar surface area (TPSA) is 72.5 Å². The lowest BCUT2D eigenvalue weighted by Gasteiger charge is -2.22. The molecule has 6 heteroatoms. The number of anilines is 1. The monoisotopic (exact) mass is 369 g/mol. The summed E-state index contributed by atoms with van der Waals surface area (Å²) < 4.78 is 10.8. The number of benzene rings is 1. The molecule has 1 aliphatic rings. The molecule has 2 N–H and O–H groups in total. The molecule has 0 atom stereocenters. The number of carbonyl (C=O) groups excluding carboxylic acids is 1. The molecule has 1 aromatic carbocycles. The van der Waals surface area contributed by atoms with Crippen molar-refractivity contribution in [2.45, 2.75) is 38.1 Å². The third-order valence-corrected chi connectivity index (χ3v) is 4.70. The third kappa shape index (κ3) is 5.88. The number of hydrogen-bond donors (Lipinski definition) is 2. The van der Waals surface area contributed by atoms with E-state index < -0.39 is 0 Å². The highest BCUT2D eigenvalue weighted by Crippen LogP contribution is 2.19. The molecule has 0 bridgehead atoms. The first kappa shape index (κ1) is 19.0. The second-order valence-electron chi connectivity index (χ2n) is 6.72. The summed E-state index contributed by atoms with van der Waals surface area (Å²) in [5, 5.41) is 6.36. The van der Waals surface area contributed by atoms with Gasteiger partial charge >= 0.3 is 0 Å². The van der Waals surface area contributed by atoms with Crippen molar-refractivity contribution in [1.82, 2.24) is 10.3 Å². The van der Waals surface area contributed by atoms with Gasteiger partial charge in [-0.2, -0.15) is 0 Å². The zero-order valence-corrected chi connectivity index (χ0v) is 15.7. The summed E-state index contributed by atoms with van der Waals surface area (Å²) in [6.45, 7) is 1.12. The summed E-state index contributed by atoms with van der Waals surface area (Å²) in [5.74, 6) is 1.54. The van der Waals surface area contributed by atoms with Gasteiger partial charge in [-0.25, -0.2) is 0 Å². The van der Waals surface area contributed by atoms with Crippen molar-refractivity contribution in [1.29, 1.82) is 0 Å². The zero-order valence-electron chi connectivity index (χ0n) is 15.7. The Labute approximate surface area is 160 Å². The standard InChI is InChI=1S/C21H27N3O3/c1-26-19-7-9-20(10-8-19)27-12-11-23-18-13-16(14-22-15-18)21(25)24-17-5-3-2-4-6-17/h7-10,13-15,17,23H,2-6,11-12H2,1H3,(H,24,25). The Balaban J connectivity index is 1.44. The fraction of sp³-hybridized carbons (Fsp3) is 0.429. The fourth-order valence-electron chi connectivity index (χ4n) is 3.21. The number of carbonyl (C=O) groups is 1. The van der Waals surface area contributed by atoms with Gasteiger partial charge in [0.05, 0.1) is 18.4 Å². The Bertz CT molecular complexity index is 728. The minimum absolute atomic E-state index is 0.0486. The van der Waals surface area contributed by atoms with Crippen molar-refractivity contribution in [2.75, 3.05) is 25.6 Å². The normalized spacial score (nSPS) is 14.4. The number of ether oxygens (including phenoxy) is 2. The highest BCUT2D eigenvalue weighted by Gasteiger charge is 2.17. The van der Waals surface area contributed by atoms with Crippen molar-refractivity contribution < 1.29 is 14.3 Å². The van der Waals surface area contributed by atoms with E-state index in [9.17, 15) is 4.79 Å². The van der Waals surface area contributed by atoms with Crippen LogP contribution in [-0.2, 0) is 0 Å². The van der Waals surface area contributed by atoms with E-state index in [1.807, 2.05) is 30.3 Å².